The minimum Gasteiger partial charge on any atom is -0.496 e. The average Bonchev–Trinajstić information content (AvgIpc) is 2.53. The monoisotopic (exact) mass is 307 g/mol. The summed E-state index contributed by atoms with van der Waals surface area (Å²) in [5.74, 6) is 0.997. The molecule has 1 N–H and O–H groups in total. The molecule has 2 rings (SSSR count). The van der Waals surface area contributed by atoms with Crippen LogP contribution >= 0.6 is 11.8 Å². The number of hydrogen-bond donors (Lipinski definition) is 1. The van der Waals surface area contributed by atoms with Crippen molar-refractivity contribution in [3.05, 3.63) is 29.3 Å². The second kappa shape index (κ2) is 7.55. The van der Waals surface area contributed by atoms with Gasteiger partial charge < -0.3 is 10.1 Å². The smallest absolute Gasteiger partial charge is 0.123 e. The predicted octanol–water partition coefficient (Wildman–Crippen LogP) is 4.72. The minimum absolute atomic E-state index is 0.325. The molecule has 1 aliphatic rings. The molecule has 118 valence electrons. The number of ether oxygens (including phenoxy) is 1. The van der Waals surface area contributed by atoms with Crippen LogP contribution in [-0.2, 0) is 0 Å². The van der Waals surface area contributed by atoms with E-state index in [2.05, 4.69) is 43.6 Å². The fourth-order valence-corrected chi connectivity index (χ4v) is 4.20. The molecule has 3 heteroatoms. The molecule has 21 heavy (non-hydrogen) atoms. The number of hydrogen-bond acceptors (Lipinski definition) is 3. The Labute approximate surface area is 134 Å². The first kappa shape index (κ1) is 16.7. The Balaban J connectivity index is 2.02. The van der Waals surface area contributed by atoms with Crippen LogP contribution in [0.5, 0.6) is 5.75 Å². The molecule has 0 spiro atoms. The summed E-state index contributed by atoms with van der Waals surface area (Å²) in [6, 6.07) is 6.81. The normalized spacial score (nSPS) is 19.2. The van der Waals surface area contributed by atoms with Gasteiger partial charge in [0.15, 0.2) is 0 Å². The maximum Gasteiger partial charge on any atom is 0.123 e. The third kappa shape index (κ3) is 4.17. The Morgan fingerprint density at radius 2 is 2.00 bits per heavy atom. The molecule has 1 unspecified atom stereocenters. The molecular formula is C18H29NOS. The van der Waals surface area contributed by atoms with Crippen LogP contribution in [0.3, 0.4) is 0 Å². The van der Waals surface area contributed by atoms with E-state index in [9.17, 15) is 0 Å². The molecular weight excluding hydrogens is 278 g/mol. The quantitative estimate of drug-likeness (QED) is 0.821. The number of methoxy groups -OCH3 is 1. The van der Waals surface area contributed by atoms with Crippen molar-refractivity contribution in [1.29, 1.82) is 0 Å². The van der Waals surface area contributed by atoms with E-state index >= 15 is 0 Å². The highest BCUT2D eigenvalue weighted by Gasteiger charge is 2.31. The van der Waals surface area contributed by atoms with Crippen molar-refractivity contribution in [2.75, 3.05) is 19.9 Å². The first-order valence-electron chi connectivity index (χ1n) is 8.03. The Kier molecular flexibility index (Phi) is 6.00. The highest BCUT2D eigenvalue weighted by Crippen LogP contribution is 2.38. The zero-order valence-corrected chi connectivity index (χ0v) is 14.7. The fraction of sp³-hybridized carbons (Fsp3) is 0.667. The third-order valence-corrected chi connectivity index (χ3v) is 6.20. The standard InChI is InChI=1S/C18H29NOS/c1-14-8-9-16(17(12-14)20-3)15(2)19-13-18(21-4)10-6-5-7-11-18/h8-9,12,15,19H,5-7,10-11,13H2,1-4H3. The largest absolute Gasteiger partial charge is 0.496 e. The zero-order valence-electron chi connectivity index (χ0n) is 13.9. The molecule has 1 fully saturated rings. The van der Waals surface area contributed by atoms with Crippen LogP contribution in [0.1, 0.15) is 56.2 Å². The number of thioether (sulfide) groups is 1. The number of rotatable bonds is 6. The predicted molar refractivity (Wildman–Crippen MR) is 93.5 cm³/mol. The maximum absolute atomic E-state index is 5.55. The van der Waals surface area contributed by atoms with E-state index in [4.69, 9.17) is 4.74 Å². The number of benzene rings is 1. The summed E-state index contributed by atoms with van der Waals surface area (Å²) in [6.07, 6.45) is 9.13. The lowest BCUT2D eigenvalue weighted by atomic mass is 9.88. The number of aryl methyl sites for hydroxylation is 1. The zero-order chi connectivity index (χ0) is 15.3. The number of nitrogens with one attached hydrogen (secondary N) is 1. The molecule has 1 aliphatic carbocycles. The summed E-state index contributed by atoms with van der Waals surface area (Å²) in [5.41, 5.74) is 2.51. The first-order valence-corrected chi connectivity index (χ1v) is 9.26. The van der Waals surface area contributed by atoms with Gasteiger partial charge in [-0.3, -0.25) is 0 Å². The Hall–Kier alpha value is -0.670. The first-order chi connectivity index (χ1) is 10.1. The Morgan fingerprint density at radius 1 is 1.29 bits per heavy atom. The van der Waals surface area contributed by atoms with Crippen LogP contribution in [0.25, 0.3) is 0 Å². The van der Waals surface area contributed by atoms with E-state index in [-0.39, 0.29) is 0 Å². The molecule has 2 nitrogen and oxygen atoms in total. The van der Waals surface area contributed by atoms with E-state index in [0.29, 0.717) is 10.8 Å². The maximum atomic E-state index is 5.55. The summed E-state index contributed by atoms with van der Waals surface area (Å²) >= 11 is 2.05. The van der Waals surface area contributed by atoms with Crippen LogP contribution in [0.2, 0.25) is 0 Å². The van der Waals surface area contributed by atoms with Crippen molar-refractivity contribution >= 4 is 11.8 Å². The fourth-order valence-electron chi connectivity index (χ4n) is 3.27. The van der Waals surface area contributed by atoms with Crippen molar-refractivity contribution in [3.8, 4) is 5.75 Å². The second-order valence-corrected chi connectivity index (χ2v) is 7.57. The highest BCUT2D eigenvalue weighted by atomic mass is 32.2. The summed E-state index contributed by atoms with van der Waals surface area (Å²) in [5, 5.41) is 3.75. The molecule has 0 saturated heterocycles. The molecule has 0 heterocycles. The van der Waals surface area contributed by atoms with Crippen LogP contribution in [0, 0.1) is 6.92 Å². The lowest BCUT2D eigenvalue weighted by Gasteiger charge is -2.37. The highest BCUT2D eigenvalue weighted by molar-refractivity contribution is 8.00. The van der Waals surface area contributed by atoms with Gasteiger partial charge in [0.1, 0.15) is 5.75 Å². The average molecular weight is 308 g/mol. The second-order valence-electron chi connectivity index (χ2n) is 6.30. The molecule has 0 amide bonds. The van der Waals surface area contributed by atoms with Gasteiger partial charge in [-0.1, -0.05) is 31.4 Å². The van der Waals surface area contributed by atoms with Crippen molar-refractivity contribution in [2.24, 2.45) is 0 Å². The Morgan fingerprint density at radius 3 is 2.62 bits per heavy atom. The van der Waals surface area contributed by atoms with Gasteiger partial charge in [-0.25, -0.2) is 0 Å². The minimum atomic E-state index is 0.325. The summed E-state index contributed by atoms with van der Waals surface area (Å²) in [6.45, 7) is 5.44. The summed E-state index contributed by atoms with van der Waals surface area (Å²) < 4.78 is 5.98. The molecule has 1 saturated carbocycles. The molecule has 1 aromatic rings. The van der Waals surface area contributed by atoms with Gasteiger partial charge >= 0.3 is 0 Å². The van der Waals surface area contributed by atoms with Crippen molar-refractivity contribution in [3.63, 3.8) is 0 Å². The summed E-state index contributed by atoms with van der Waals surface area (Å²) in [7, 11) is 1.76. The van der Waals surface area contributed by atoms with E-state index in [1.54, 1.807) is 7.11 Å². The van der Waals surface area contributed by atoms with Gasteiger partial charge in [-0.2, -0.15) is 11.8 Å². The molecule has 0 radical (unpaired) electrons. The van der Waals surface area contributed by atoms with Gasteiger partial charge in [-0.05, 0) is 44.6 Å². The molecule has 1 atom stereocenters. The van der Waals surface area contributed by atoms with Gasteiger partial charge in [0.25, 0.3) is 0 Å². The van der Waals surface area contributed by atoms with Crippen LogP contribution in [-0.4, -0.2) is 24.7 Å². The molecule has 0 bridgehead atoms. The van der Waals surface area contributed by atoms with Gasteiger partial charge in [-0.15, -0.1) is 0 Å². The van der Waals surface area contributed by atoms with Gasteiger partial charge in [0.05, 0.1) is 7.11 Å². The third-order valence-electron chi connectivity index (χ3n) is 4.78. The van der Waals surface area contributed by atoms with E-state index in [1.165, 1.54) is 43.2 Å². The summed E-state index contributed by atoms with van der Waals surface area (Å²) in [4.78, 5) is 0. The van der Waals surface area contributed by atoms with E-state index in [0.717, 1.165) is 12.3 Å². The molecule has 1 aromatic carbocycles. The van der Waals surface area contributed by atoms with E-state index < -0.39 is 0 Å². The topological polar surface area (TPSA) is 21.3 Å². The lowest BCUT2D eigenvalue weighted by Crippen LogP contribution is -2.40. The Bertz CT molecular complexity index is 455. The van der Waals surface area contributed by atoms with Gasteiger partial charge in [0, 0.05) is 22.9 Å². The SMILES string of the molecule is COc1cc(C)ccc1C(C)NCC1(SC)CCCCC1. The van der Waals surface area contributed by atoms with Crippen LogP contribution in [0.15, 0.2) is 18.2 Å². The van der Waals surface area contributed by atoms with Crippen LogP contribution < -0.4 is 10.1 Å². The lowest BCUT2D eigenvalue weighted by molar-refractivity contribution is 0.361. The van der Waals surface area contributed by atoms with Crippen molar-refractivity contribution < 1.29 is 4.74 Å². The van der Waals surface area contributed by atoms with Gasteiger partial charge in [0.2, 0.25) is 0 Å². The van der Waals surface area contributed by atoms with E-state index in [1.807, 2.05) is 11.8 Å². The molecule has 0 aromatic heterocycles. The molecule has 0 aliphatic heterocycles. The van der Waals surface area contributed by atoms with Crippen LogP contribution in [0.4, 0.5) is 0 Å². The van der Waals surface area contributed by atoms with Crippen molar-refractivity contribution in [1.82, 2.24) is 5.32 Å². The van der Waals surface area contributed by atoms with Crippen molar-refractivity contribution in [2.45, 2.75) is 56.7 Å².